The monoisotopic (exact) mass is 390 g/mol. The molecular formula is C19H22N2O5S. The van der Waals surface area contributed by atoms with E-state index in [2.05, 4.69) is 5.32 Å². The Hall–Kier alpha value is -2.87. The number of benzene rings is 2. The number of urea groups is 1. The van der Waals surface area contributed by atoms with Crippen molar-refractivity contribution in [2.45, 2.75) is 31.6 Å². The van der Waals surface area contributed by atoms with Gasteiger partial charge in [-0.15, -0.1) is 0 Å². The first-order valence-electron chi connectivity index (χ1n) is 8.49. The van der Waals surface area contributed by atoms with E-state index in [0.29, 0.717) is 6.61 Å². The highest BCUT2D eigenvalue weighted by molar-refractivity contribution is 7.90. The second-order valence-electron chi connectivity index (χ2n) is 5.95. The predicted octanol–water partition coefficient (Wildman–Crippen LogP) is 3.46. The minimum atomic E-state index is -4.00. The van der Waals surface area contributed by atoms with E-state index in [-0.39, 0.29) is 16.1 Å². The van der Waals surface area contributed by atoms with Gasteiger partial charge in [-0.25, -0.2) is 22.7 Å². The Kier molecular flexibility index (Phi) is 6.95. The van der Waals surface area contributed by atoms with Gasteiger partial charge in [0.2, 0.25) is 0 Å². The summed E-state index contributed by atoms with van der Waals surface area (Å²) in [6.07, 6.45) is 1.67. The number of ether oxygens (including phenoxy) is 1. The lowest BCUT2D eigenvalue weighted by molar-refractivity contribution is 0.0499. The molecule has 0 heterocycles. The second kappa shape index (κ2) is 9.18. The van der Waals surface area contributed by atoms with Crippen LogP contribution in [0.3, 0.4) is 0 Å². The molecule has 0 atom stereocenters. The van der Waals surface area contributed by atoms with Crippen LogP contribution in [0.1, 0.15) is 35.7 Å². The third kappa shape index (κ3) is 6.10. The molecule has 0 saturated heterocycles. The lowest BCUT2D eigenvalue weighted by Gasteiger charge is -2.10. The zero-order valence-electron chi connectivity index (χ0n) is 15.2. The molecule has 0 spiro atoms. The molecule has 0 saturated carbocycles. The fourth-order valence-electron chi connectivity index (χ4n) is 2.24. The van der Waals surface area contributed by atoms with Gasteiger partial charge < -0.3 is 10.1 Å². The maximum Gasteiger partial charge on any atom is 0.338 e. The van der Waals surface area contributed by atoms with Gasteiger partial charge in [-0.1, -0.05) is 31.5 Å². The minimum absolute atomic E-state index is 0.00842. The van der Waals surface area contributed by atoms with Crippen LogP contribution in [0.15, 0.2) is 53.4 Å². The Morgan fingerprint density at radius 1 is 1.07 bits per heavy atom. The normalized spacial score (nSPS) is 10.9. The van der Waals surface area contributed by atoms with Crippen LogP contribution < -0.4 is 10.0 Å². The van der Waals surface area contributed by atoms with Crippen molar-refractivity contribution >= 4 is 27.7 Å². The van der Waals surface area contributed by atoms with Crippen LogP contribution in [0.2, 0.25) is 0 Å². The number of aryl methyl sites for hydroxylation is 1. The Balaban J connectivity index is 2.03. The maximum absolute atomic E-state index is 12.3. The molecule has 0 aliphatic rings. The summed E-state index contributed by atoms with van der Waals surface area (Å²) in [5.74, 6) is -0.500. The number of esters is 1. The van der Waals surface area contributed by atoms with Crippen LogP contribution in [0, 0.1) is 6.92 Å². The second-order valence-corrected chi connectivity index (χ2v) is 7.63. The lowest BCUT2D eigenvalue weighted by Crippen LogP contribution is -2.34. The lowest BCUT2D eigenvalue weighted by atomic mass is 10.2. The van der Waals surface area contributed by atoms with Crippen LogP contribution in [-0.2, 0) is 14.8 Å². The van der Waals surface area contributed by atoms with Crippen molar-refractivity contribution in [2.24, 2.45) is 0 Å². The van der Waals surface area contributed by atoms with Crippen molar-refractivity contribution in [3.63, 3.8) is 0 Å². The average molecular weight is 390 g/mol. The van der Waals surface area contributed by atoms with Gasteiger partial charge in [-0.3, -0.25) is 0 Å². The number of carbonyl (C=O) groups excluding carboxylic acids is 2. The van der Waals surface area contributed by atoms with Crippen LogP contribution >= 0.6 is 0 Å². The molecule has 2 amide bonds. The molecule has 27 heavy (non-hydrogen) atoms. The Morgan fingerprint density at radius 3 is 2.52 bits per heavy atom. The smallest absolute Gasteiger partial charge is 0.338 e. The molecule has 0 aromatic heterocycles. The van der Waals surface area contributed by atoms with Crippen molar-refractivity contribution in [3.8, 4) is 0 Å². The van der Waals surface area contributed by atoms with Crippen LogP contribution in [0.25, 0.3) is 0 Å². The summed E-state index contributed by atoms with van der Waals surface area (Å²) in [6, 6.07) is 11.4. The Bertz CT molecular complexity index is 925. The number of nitrogens with one attached hydrogen (secondary N) is 2. The number of rotatable bonds is 7. The number of hydrogen-bond donors (Lipinski definition) is 2. The molecule has 0 bridgehead atoms. The molecule has 2 N–H and O–H groups in total. The van der Waals surface area contributed by atoms with E-state index in [0.717, 1.165) is 18.4 Å². The summed E-state index contributed by atoms with van der Waals surface area (Å²) >= 11 is 0. The first-order valence-corrected chi connectivity index (χ1v) is 9.98. The van der Waals surface area contributed by atoms with Crippen LogP contribution in [0.5, 0.6) is 0 Å². The van der Waals surface area contributed by atoms with Crippen LogP contribution in [0.4, 0.5) is 10.5 Å². The first-order chi connectivity index (χ1) is 12.8. The molecule has 0 fully saturated rings. The van der Waals surface area contributed by atoms with Gasteiger partial charge >= 0.3 is 12.0 Å². The fourth-order valence-corrected chi connectivity index (χ4v) is 3.25. The van der Waals surface area contributed by atoms with Crippen molar-refractivity contribution in [2.75, 3.05) is 11.9 Å². The van der Waals surface area contributed by atoms with Crippen molar-refractivity contribution < 1.29 is 22.7 Å². The van der Waals surface area contributed by atoms with Gasteiger partial charge in [-0.05, 0) is 49.2 Å². The van der Waals surface area contributed by atoms with Gasteiger partial charge in [0.05, 0.1) is 17.1 Å². The standard InChI is InChI=1S/C19H22N2O5S/c1-3-4-11-26-18(22)15-8-6-9-16(13-15)20-19(23)21-27(24,25)17-10-5-7-14(2)12-17/h5-10,12-13H,3-4,11H2,1-2H3,(H2,20,21,23). The third-order valence-electron chi connectivity index (χ3n) is 3.61. The summed E-state index contributed by atoms with van der Waals surface area (Å²) < 4.78 is 31.6. The highest BCUT2D eigenvalue weighted by Gasteiger charge is 2.18. The van der Waals surface area contributed by atoms with E-state index in [9.17, 15) is 18.0 Å². The van der Waals surface area contributed by atoms with E-state index in [1.165, 1.54) is 18.2 Å². The van der Waals surface area contributed by atoms with E-state index in [4.69, 9.17) is 4.74 Å². The third-order valence-corrected chi connectivity index (χ3v) is 4.94. The van der Waals surface area contributed by atoms with Crippen molar-refractivity contribution in [1.82, 2.24) is 4.72 Å². The number of hydrogen-bond acceptors (Lipinski definition) is 5. The van der Waals surface area contributed by atoms with E-state index in [1.807, 2.05) is 11.6 Å². The van der Waals surface area contributed by atoms with Gasteiger partial charge in [0.15, 0.2) is 0 Å². The van der Waals surface area contributed by atoms with Crippen LogP contribution in [-0.4, -0.2) is 27.0 Å². The maximum atomic E-state index is 12.3. The summed E-state index contributed by atoms with van der Waals surface area (Å²) in [5.41, 5.74) is 1.30. The summed E-state index contributed by atoms with van der Waals surface area (Å²) in [4.78, 5) is 24.0. The topological polar surface area (TPSA) is 102 Å². The Morgan fingerprint density at radius 2 is 1.81 bits per heavy atom. The first kappa shape index (κ1) is 20.4. The molecular weight excluding hydrogens is 368 g/mol. The van der Waals surface area contributed by atoms with Crippen molar-refractivity contribution in [1.29, 1.82) is 0 Å². The molecule has 2 aromatic carbocycles. The number of carbonyl (C=O) groups is 2. The molecule has 0 aliphatic heterocycles. The molecule has 0 aliphatic carbocycles. The highest BCUT2D eigenvalue weighted by atomic mass is 32.2. The van der Waals surface area contributed by atoms with E-state index < -0.39 is 22.0 Å². The zero-order chi connectivity index (χ0) is 19.9. The van der Waals surface area contributed by atoms with E-state index >= 15 is 0 Å². The number of sulfonamides is 1. The predicted molar refractivity (Wildman–Crippen MR) is 102 cm³/mol. The van der Waals surface area contributed by atoms with E-state index in [1.54, 1.807) is 37.3 Å². The highest BCUT2D eigenvalue weighted by Crippen LogP contribution is 2.14. The zero-order valence-corrected chi connectivity index (χ0v) is 16.0. The average Bonchev–Trinajstić information content (AvgIpc) is 2.61. The van der Waals surface area contributed by atoms with Gasteiger partial charge in [0, 0.05) is 5.69 Å². The fraction of sp³-hybridized carbons (Fsp3) is 0.263. The summed E-state index contributed by atoms with van der Waals surface area (Å²) in [5, 5.41) is 2.41. The molecule has 7 nitrogen and oxygen atoms in total. The molecule has 144 valence electrons. The molecule has 0 unspecified atom stereocenters. The SMILES string of the molecule is CCCCOC(=O)c1cccc(NC(=O)NS(=O)(=O)c2cccc(C)c2)c1. The summed E-state index contributed by atoms with van der Waals surface area (Å²) in [7, 11) is -4.00. The molecule has 2 aromatic rings. The quantitative estimate of drug-likeness (QED) is 0.557. The number of unbranched alkanes of at least 4 members (excludes halogenated alkanes) is 1. The molecule has 2 rings (SSSR count). The van der Waals surface area contributed by atoms with Gasteiger partial charge in [0.25, 0.3) is 10.0 Å². The Labute approximate surface area is 158 Å². The number of amides is 2. The number of anilines is 1. The largest absolute Gasteiger partial charge is 0.462 e. The molecule has 0 radical (unpaired) electrons. The minimum Gasteiger partial charge on any atom is -0.462 e. The molecule has 8 heteroatoms. The summed E-state index contributed by atoms with van der Waals surface area (Å²) in [6.45, 7) is 4.06. The van der Waals surface area contributed by atoms with Gasteiger partial charge in [0.1, 0.15) is 0 Å². The van der Waals surface area contributed by atoms with Gasteiger partial charge in [-0.2, -0.15) is 0 Å². The van der Waals surface area contributed by atoms with Crippen molar-refractivity contribution in [3.05, 3.63) is 59.7 Å².